The van der Waals surface area contributed by atoms with E-state index in [0.717, 1.165) is 31.4 Å². The normalized spacial score (nSPS) is 21.8. The molecule has 1 amide bonds. The Hall–Kier alpha value is -0.840. The van der Waals surface area contributed by atoms with E-state index < -0.39 is 0 Å². The highest BCUT2D eigenvalue weighted by molar-refractivity contribution is 5.94. The van der Waals surface area contributed by atoms with Gasteiger partial charge < -0.3 is 11.1 Å². The zero-order valence-electron chi connectivity index (χ0n) is 11.0. The van der Waals surface area contributed by atoms with Crippen LogP contribution >= 0.6 is 24.8 Å². The van der Waals surface area contributed by atoms with E-state index in [1.54, 1.807) is 6.20 Å². The predicted octanol–water partition coefficient (Wildman–Crippen LogP) is 2.23. The molecule has 0 saturated heterocycles. The van der Waals surface area contributed by atoms with Crippen molar-refractivity contribution in [1.82, 2.24) is 10.3 Å². The summed E-state index contributed by atoms with van der Waals surface area (Å²) in [6.07, 6.45) is 5.58. The Labute approximate surface area is 126 Å². The molecule has 1 aromatic rings. The Kier molecular flexibility index (Phi) is 7.99. The lowest BCUT2D eigenvalue weighted by Crippen LogP contribution is -2.40. The molecule has 1 aliphatic carbocycles. The first-order valence-corrected chi connectivity index (χ1v) is 6.14. The van der Waals surface area contributed by atoms with Gasteiger partial charge in [-0.15, -0.1) is 24.8 Å². The van der Waals surface area contributed by atoms with Gasteiger partial charge in [0.2, 0.25) is 0 Å². The molecule has 1 aliphatic rings. The van der Waals surface area contributed by atoms with Crippen LogP contribution in [0.2, 0.25) is 0 Å². The average Bonchev–Trinajstić information content (AvgIpc) is 2.33. The van der Waals surface area contributed by atoms with E-state index >= 15 is 0 Å². The molecular weight excluding hydrogens is 285 g/mol. The largest absolute Gasteiger partial charge is 0.349 e. The third-order valence-corrected chi connectivity index (χ3v) is 3.28. The quantitative estimate of drug-likeness (QED) is 0.880. The smallest absolute Gasteiger partial charge is 0.253 e. The Morgan fingerprint density at radius 3 is 2.42 bits per heavy atom. The maximum absolute atomic E-state index is 11.9. The van der Waals surface area contributed by atoms with Gasteiger partial charge in [-0.3, -0.25) is 9.78 Å². The number of halogens is 2. The number of aromatic nitrogens is 1. The first kappa shape index (κ1) is 18.2. The number of aryl methyl sites for hydroxylation is 1. The molecule has 0 aliphatic heterocycles. The fraction of sp³-hybridized carbons (Fsp3) is 0.538. The first-order chi connectivity index (χ1) is 8.15. The molecule has 1 heterocycles. The number of hydrogen-bond acceptors (Lipinski definition) is 3. The van der Waals surface area contributed by atoms with Gasteiger partial charge in [0.15, 0.2) is 0 Å². The molecule has 2 rings (SSSR count). The molecule has 0 bridgehead atoms. The molecule has 0 unspecified atom stereocenters. The minimum atomic E-state index is -0.0297. The lowest BCUT2D eigenvalue weighted by molar-refractivity contribution is 0.0925. The summed E-state index contributed by atoms with van der Waals surface area (Å²) >= 11 is 0. The summed E-state index contributed by atoms with van der Waals surface area (Å²) in [5.74, 6) is -0.0297. The third kappa shape index (κ3) is 5.35. The van der Waals surface area contributed by atoms with Crippen molar-refractivity contribution in [2.45, 2.75) is 44.7 Å². The van der Waals surface area contributed by atoms with E-state index in [1.165, 1.54) is 0 Å². The molecule has 0 spiro atoms. The van der Waals surface area contributed by atoms with Crippen molar-refractivity contribution in [1.29, 1.82) is 0 Å². The maximum atomic E-state index is 11.9. The highest BCUT2D eigenvalue weighted by atomic mass is 35.5. The summed E-state index contributed by atoms with van der Waals surface area (Å²) in [4.78, 5) is 16.0. The zero-order chi connectivity index (χ0) is 12.3. The number of nitrogens with two attached hydrogens (primary N) is 1. The molecule has 1 fully saturated rings. The monoisotopic (exact) mass is 305 g/mol. The zero-order valence-corrected chi connectivity index (χ0v) is 12.6. The van der Waals surface area contributed by atoms with Crippen LogP contribution < -0.4 is 11.1 Å². The van der Waals surface area contributed by atoms with Crippen molar-refractivity contribution in [3.63, 3.8) is 0 Å². The molecule has 108 valence electrons. The Morgan fingerprint density at radius 1 is 1.26 bits per heavy atom. The molecule has 6 heteroatoms. The molecule has 1 saturated carbocycles. The van der Waals surface area contributed by atoms with Crippen LogP contribution in [0, 0.1) is 6.92 Å². The van der Waals surface area contributed by atoms with Crippen LogP contribution in [0.25, 0.3) is 0 Å². The number of nitrogens with one attached hydrogen (secondary N) is 1. The molecule has 1 aromatic heterocycles. The average molecular weight is 306 g/mol. The summed E-state index contributed by atoms with van der Waals surface area (Å²) in [5, 5.41) is 3.04. The summed E-state index contributed by atoms with van der Waals surface area (Å²) < 4.78 is 0. The van der Waals surface area contributed by atoms with Gasteiger partial charge in [-0.05, 0) is 44.7 Å². The fourth-order valence-corrected chi connectivity index (χ4v) is 2.13. The van der Waals surface area contributed by atoms with E-state index in [2.05, 4.69) is 10.3 Å². The SMILES string of the molecule is Cc1ccc(C(=O)NC2CCC(N)CC2)cn1.Cl.Cl. The van der Waals surface area contributed by atoms with E-state index in [0.29, 0.717) is 11.6 Å². The lowest BCUT2D eigenvalue weighted by atomic mass is 9.92. The molecule has 4 nitrogen and oxygen atoms in total. The summed E-state index contributed by atoms with van der Waals surface area (Å²) in [5.41, 5.74) is 7.38. The van der Waals surface area contributed by atoms with E-state index in [9.17, 15) is 4.79 Å². The van der Waals surface area contributed by atoms with Gasteiger partial charge >= 0.3 is 0 Å². The van der Waals surface area contributed by atoms with Gasteiger partial charge in [0.25, 0.3) is 5.91 Å². The van der Waals surface area contributed by atoms with Crippen molar-refractivity contribution in [3.8, 4) is 0 Å². The van der Waals surface area contributed by atoms with Gasteiger partial charge in [-0.2, -0.15) is 0 Å². The van der Waals surface area contributed by atoms with Gasteiger partial charge in [0.05, 0.1) is 5.56 Å². The van der Waals surface area contributed by atoms with Crippen molar-refractivity contribution < 1.29 is 4.79 Å². The minimum Gasteiger partial charge on any atom is -0.349 e. The number of hydrogen-bond donors (Lipinski definition) is 2. The second kappa shape index (κ2) is 8.35. The maximum Gasteiger partial charge on any atom is 0.253 e. The van der Waals surface area contributed by atoms with Crippen LogP contribution in [0.5, 0.6) is 0 Å². The van der Waals surface area contributed by atoms with Gasteiger partial charge in [-0.1, -0.05) is 0 Å². The standard InChI is InChI=1S/C13H19N3O.2ClH/c1-9-2-3-10(8-15-9)13(17)16-12-6-4-11(14)5-7-12;;/h2-3,8,11-12H,4-7,14H2,1H3,(H,16,17);2*1H. The molecule has 0 radical (unpaired) electrons. The topological polar surface area (TPSA) is 68.0 Å². The number of carbonyl (C=O) groups is 1. The van der Waals surface area contributed by atoms with Crippen molar-refractivity contribution >= 4 is 30.7 Å². The van der Waals surface area contributed by atoms with E-state index in [1.807, 2.05) is 19.1 Å². The van der Waals surface area contributed by atoms with Gasteiger partial charge in [-0.25, -0.2) is 0 Å². The lowest BCUT2D eigenvalue weighted by Gasteiger charge is -2.26. The van der Waals surface area contributed by atoms with Crippen LogP contribution in [-0.4, -0.2) is 23.0 Å². The van der Waals surface area contributed by atoms with Crippen LogP contribution in [0.3, 0.4) is 0 Å². The Morgan fingerprint density at radius 2 is 1.89 bits per heavy atom. The van der Waals surface area contributed by atoms with Crippen molar-refractivity contribution in [2.24, 2.45) is 5.73 Å². The van der Waals surface area contributed by atoms with Crippen molar-refractivity contribution in [3.05, 3.63) is 29.6 Å². The number of pyridine rings is 1. The number of nitrogens with zero attached hydrogens (tertiary/aromatic N) is 1. The summed E-state index contributed by atoms with van der Waals surface area (Å²) in [6.45, 7) is 1.91. The van der Waals surface area contributed by atoms with Crippen LogP contribution in [0.15, 0.2) is 18.3 Å². The second-order valence-corrected chi connectivity index (χ2v) is 4.77. The van der Waals surface area contributed by atoms with Crippen LogP contribution in [-0.2, 0) is 0 Å². The highest BCUT2D eigenvalue weighted by Crippen LogP contribution is 2.17. The molecule has 3 N–H and O–H groups in total. The molecule has 0 atom stereocenters. The van der Waals surface area contributed by atoms with Crippen molar-refractivity contribution in [2.75, 3.05) is 0 Å². The number of rotatable bonds is 2. The molecule has 0 aromatic carbocycles. The first-order valence-electron chi connectivity index (χ1n) is 6.14. The molecule has 19 heavy (non-hydrogen) atoms. The Bertz CT molecular complexity index is 389. The highest BCUT2D eigenvalue weighted by Gasteiger charge is 2.20. The molecular formula is C13H21Cl2N3O. The minimum absolute atomic E-state index is 0. The van der Waals surface area contributed by atoms with Gasteiger partial charge in [0, 0.05) is 24.0 Å². The second-order valence-electron chi connectivity index (χ2n) is 4.77. The third-order valence-electron chi connectivity index (χ3n) is 3.28. The number of carbonyl (C=O) groups excluding carboxylic acids is 1. The van der Waals surface area contributed by atoms with E-state index in [-0.39, 0.29) is 36.8 Å². The van der Waals surface area contributed by atoms with Gasteiger partial charge in [0.1, 0.15) is 0 Å². The van der Waals surface area contributed by atoms with Crippen LogP contribution in [0.4, 0.5) is 0 Å². The van der Waals surface area contributed by atoms with E-state index in [4.69, 9.17) is 5.73 Å². The number of amides is 1. The predicted molar refractivity (Wildman–Crippen MR) is 81.2 cm³/mol. The summed E-state index contributed by atoms with van der Waals surface area (Å²) in [7, 11) is 0. The Balaban J connectivity index is 0.00000162. The summed E-state index contributed by atoms with van der Waals surface area (Å²) in [6, 6.07) is 4.24. The van der Waals surface area contributed by atoms with Crippen LogP contribution in [0.1, 0.15) is 41.7 Å². The fourth-order valence-electron chi connectivity index (χ4n) is 2.13.